The van der Waals surface area contributed by atoms with Crippen molar-refractivity contribution in [3.05, 3.63) is 36.7 Å². The van der Waals surface area contributed by atoms with Gasteiger partial charge in [0.2, 0.25) is 5.95 Å². The van der Waals surface area contributed by atoms with Crippen molar-refractivity contribution in [3.63, 3.8) is 0 Å². The second-order valence-corrected chi connectivity index (χ2v) is 7.14. The molecule has 0 unspecified atom stereocenters. The Balaban J connectivity index is 1.37. The molecular weight excluding hydrogens is 334 g/mol. The Labute approximate surface area is 148 Å². The standard InChI is InChI=1S/C17H17N7S/c1-2-5-14-13(4-1)20-17(25-14)24-7-3-6-23(8-9-24)16-18-10-12-11-19-22-15(12)21-16/h1-2,4-5,10-11H,3,6-9H2,(H,18,19,21,22). The fourth-order valence-corrected chi connectivity index (χ4v) is 4.20. The third-order valence-corrected chi connectivity index (χ3v) is 5.61. The summed E-state index contributed by atoms with van der Waals surface area (Å²) in [4.78, 5) is 18.5. The zero-order chi connectivity index (χ0) is 16.6. The van der Waals surface area contributed by atoms with Gasteiger partial charge in [-0.05, 0) is 18.6 Å². The lowest BCUT2D eigenvalue weighted by Crippen LogP contribution is -2.31. The maximum Gasteiger partial charge on any atom is 0.227 e. The molecule has 1 N–H and O–H groups in total. The molecule has 0 saturated carbocycles. The third kappa shape index (κ3) is 2.68. The van der Waals surface area contributed by atoms with Crippen LogP contribution in [0.5, 0.6) is 0 Å². The Kier molecular flexibility index (Phi) is 3.48. The molecule has 8 heteroatoms. The molecule has 25 heavy (non-hydrogen) atoms. The number of fused-ring (bicyclic) bond motifs is 2. The number of benzene rings is 1. The van der Waals surface area contributed by atoms with E-state index >= 15 is 0 Å². The van der Waals surface area contributed by atoms with E-state index < -0.39 is 0 Å². The minimum absolute atomic E-state index is 0.767. The molecule has 0 radical (unpaired) electrons. The number of aromatic nitrogens is 5. The van der Waals surface area contributed by atoms with Crippen LogP contribution < -0.4 is 9.80 Å². The monoisotopic (exact) mass is 351 g/mol. The lowest BCUT2D eigenvalue weighted by Gasteiger charge is -2.21. The largest absolute Gasteiger partial charge is 0.346 e. The van der Waals surface area contributed by atoms with Crippen LogP contribution in [0.15, 0.2) is 36.7 Å². The van der Waals surface area contributed by atoms with Gasteiger partial charge in [0.15, 0.2) is 10.8 Å². The van der Waals surface area contributed by atoms with Gasteiger partial charge in [-0.25, -0.2) is 9.97 Å². The van der Waals surface area contributed by atoms with Crippen molar-refractivity contribution in [1.82, 2.24) is 25.1 Å². The topological polar surface area (TPSA) is 73.8 Å². The summed E-state index contributed by atoms with van der Waals surface area (Å²) in [6.45, 7) is 3.75. The van der Waals surface area contributed by atoms with E-state index in [1.807, 2.05) is 12.3 Å². The van der Waals surface area contributed by atoms with E-state index in [0.29, 0.717) is 0 Å². The number of thiazole rings is 1. The Bertz CT molecular complexity index is 981. The van der Waals surface area contributed by atoms with Crippen LogP contribution in [0.2, 0.25) is 0 Å². The molecule has 1 aliphatic rings. The van der Waals surface area contributed by atoms with Gasteiger partial charge < -0.3 is 9.80 Å². The quantitative estimate of drug-likeness (QED) is 0.598. The van der Waals surface area contributed by atoms with Gasteiger partial charge >= 0.3 is 0 Å². The number of nitrogens with one attached hydrogen (secondary N) is 1. The molecule has 0 spiro atoms. The maximum atomic E-state index is 4.79. The van der Waals surface area contributed by atoms with Crippen molar-refractivity contribution in [2.24, 2.45) is 0 Å². The van der Waals surface area contributed by atoms with Gasteiger partial charge in [-0.15, -0.1) is 0 Å². The Morgan fingerprint density at radius 2 is 1.84 bits per heavy atom. The number of para-hydroxylation sites is 1. The summed E-state index contributed by atoms with van der Waals surface area (Å²) in [5.41, 5.74) is 1.87. The first-order valence-corrected chi connectivity index (χ1v) is 9.20. The zero-order valence-corrected chi connectivity index (χ0v) is 14.4. The lowest BCUT2D eigenvalue weighted by atomic mass is 10.3. The number of hydrogen-bond acceptors (Lipinski definition) is 7. The van der Waals surface area contributed by atoms with Crippen molar-refractivity contribution in [2.45, 2.75) is 6.42 Å². The molecule has 3 aromatic heterocycles. The highest BCUT2D eigenvalue weighted by molar-refractivity contribution is 7.22. The van der Waals surface area contributed by atoms with Crippen LogP contribution in [0.4, 0.5) is 11.1 Å². The average molecular weight is 351 g/mol. The molecule has 4 aromatic rings. The highest BCUT2D eigenvalue weighted by atomic mass is 32.1. The summed E-state index contributed by atoms with van der Waals surface area (Å²) in [7, 11) is 0. The maximum absolute atomic E-state index is 4.79. The van der Waals surface area contributed by atoms with Crippen molar-refractivity contribution < 1.29 is 0 Å². The molecule has 4 heterocycles. The van der Waals surface area contributed by atoms with E-state index in [9.17, 15) is 0 Å². The van der Waals surface area contributed by atoms with Crippen LogP contribution >= 0.6 is 11.3 Å². The van der Waals surface area contributed by atoms with E-state index in [1.54, 1.807) is 17.5 Å². The highest BCUT2D eigenvalue weighted by Crippen LogP contribution is 2.29. The fraction of sp³-hybridized carbons (Fsp3) is 0.294. The summed E-state index contributed by atoms with van der Waals surface area (Å²) in [5, 5.41) is 8.98. The predicted molar refractivity (Wildman–Crippen MR) is 100 cm³/mol. The van der Waals surface area contributed by atoms with E-state index in [2.05, 4.69) is 48.2 Å². The molecule has 0 aliphatic carbocycles. The molecule has 0 atom stereocenters. The molecule has 1 saturated heterocycles. The van der Waals surface area contributed by atoms with Gasteiger partial charge in [0.05, 0.1) is 21.8 Å². The van der Waals surface area contributed by atoms with Gasteiger partial charge in [-0.2, -0.15) is 10.1 Å². The number of nitrogens with zero attached hydrogens (tertiary/aromatic N) is 6. The minimum Gasteiger partial charge on any atom is -0.346 e. The SMILES string of the molecule is c1ccc2sc(N3CCCN(c4ncc5cn[nH]c5n4)CC3)nc2c1. The van der Waals surface area contributed by atoms with Crippen LogP contribution in [-0.2, 0) is 0 Å². The van der Waals surface area contributed by atoms with Gasteiger partial charge in [0, 0.05) is 32.4 Å². The molecule has 7 nitrogen and oxygen atoms in total. The molecule has 0 bridgehead atoms. The molecule has 5 rings (SSSR count). The Morgan fingerprint density at radius 1 is 0.960 bits per heavy atom. The molecule has 1 aliphatic heterocycles. The summed E-state index contributed by atoms with van der Waals surface area (Å²) < 4.78 is 1.24. The van der Waals surface area contributed by atoms with Crippen molar-refractivity contribution >= 4 is 43.7 Å². The smallest absolute Gasteiger partial charge is 0.227 e. The normalized spacial score (nSPS) is 15.8. The van der Waals surface area contributed by atoms with Crippen LogP contribution in [0.25, 0.3) is 21.3 Å². The number of hydrogen-bond donors (Lipinski definition) is 1. The van der Waals surface area contributed by atoms with Gasteiger partial charge in [0.1, 0.15) is 0 Å². The van der Waals surface area contributed by atoms with Crippen molar-refractivity contribution in [3.8, 4) is 0 Å². The fourth-order valence-electron chi connectivity index (χ4n) is 3.19. The lowest BCUT2D eigenvalue weighted by molar-refractivity contribution is 0.784. The zero-order valence-electron chi connectivity index (χ0n) is 13.6. The van der Waals surface area contributed by atoms with Crippen LogP contribution in [-0.4, -0.2) is 51.3 Å². The van der Waals surface area contributed by atoms with Crippen molar-refractivity contribution in [2.75, 3.05) is 36.0 Å². The summed E-state index contributed by atoms with van der Waals surface area (Å²) >= 11 is 1.76. The van der Waals surface area contributed by atoms with Gasteiger partial charge in [-0.1, -0.05) is 23.5 Å². The second kappa shape index (κ2) is 5.96. The summed E-state index contributed by atoms with van der Waals surface area (Å²) in [6.07, 6.45) is 4.63. The molecular formula is C17H17N7S. The second-order valence-electron chi connectivity index (χ2n) is 6.14. The predicted octanol–water partition coefficient (Wildman–Crippen LogP) is 2.68. The summed E-state index contributed by atoms with van der Waals surface area (Å²) in [6, 6.07) is 8.32. The van der Waals surface area contributed by atoms with Gasteiger partial charge in [0.25, 0.3) is 0 Å². The van der Waals surface area contributed by atoms with Crippen LogP contribution in [0.3, 0.4) is 0 Å². The average Bonchev–Trinajstić information content (AvgIpc) is 3.21. The summed E-state index contributed by atoms with van der Waals surface area (Å²) in [5.74, 6) is 0.767. The first-order valence-electron chi connectivity index (χ1n) is 8.38. The van der Waals surface area contributed by atoms with Crippen molar-refractivity contribution in [1.29, 1.82) is 0 Å². The molecule has 1 fully saturated rings. The number of aromatic amines is 1. The van der Waals surface area contributed by atoms with Crippen LogP contribution in [0, 0.1) is 0 Å². The first-order chi connectivity index (χ1) is 12.4. The van der Waals surface area contributed by atoms with E-state index in [0.717, 1.165) is 60.2 Å². The first kappa shape index (κ1) is 14.6. The highest BCUT2D eigenvalue weighted by Gasteiger charge is 2.19. The van der Waals surface area contributed by atoms with Gasteiger partial charge in [-0.3, -0.25) is 5.10 Å². The van der Waals surface area contributed by atoms with E-state index in [1.165, 1.54) is 4.70 Å². The number of rotatable bonds is 2. The Hall–Kier alpha value is -2.74. The Morgan fingerprint density at radius 3 is 2.80 bits per heavy atom. The number of anilines is 2. The minimum atomic E-state index is 0.767. The molecule has 1 aromatic carbocycles. The molecule has 126 valence electrons. The van der Waals surface area contributed by atoms with E-state index in [4.69, 9.17) is 4.98 Å². The molecule has 0 amide bonds. The van der Waals surface area contributed by atoms with E-state index in [-0.39, 0.29) is 0 Å². The number of H-pyrrole nitrogens is 1. The third-order valence-electron chi connectivity index (χ3n) is 4.51. The van der Waals surface area contributed by atoms with Crippen LogP contribution in [0.1, 0.15) is 6.42 Å².